The van der Waals surface area contributed by atoms with Crippen LogP contribution in [0.1, 0.15) is 72.9 Å². The molecule has 0 spiro atoms. The molecule has 2 saturated heterocycles. The number of hydrogen-bond donors (Lipinski definition) is 6. The number of carbonyl (C=O) groups is 4. The van der Waals surface area contributed by atoms with Crippen LogP contribution in [-0.2, 0) is 42.7 Å². The summed E-state index contributed by atoms with van der Waals surface area (Å²) in [7, 11) is 0. The average Bonchev–Trinajstić information content (AvgIpc) is 3.65. The average molecular weight is 792 g/mol. The summed E-state index contributed by atoms with van der Waals surface area (Å²) in [6.45, 7) is 10.3. The topological polar surface area (TPSA) is 246 Å². The van der Waals surface area contributed by atoms with E-state index in [1.165, 1.54) is 27.7 Å². The molecule has 56 heavy (non-hydrogen) atoms. The highest BCUT2D eigenvalue weighted by atomic mass is 16.8. The van der Waals surface area contributed by atoms with Crippen LogP contribution < -0.4 is 5.32 Å². The number of aliphatic hydroxyl groups is 5. The molecule has 4 fully saturated rings. The maximum absolute atomic E-state index is 14.5. The summed E-state index contributed by atoms with van der Waals surface area (Å²) >= 11 is 0. The van der Waals surface area contributed by atoms with Gasteiger partial charge >= 0.3 is 18.2 Å². The Kier molecular flexibility index (Phi) is 11.2. The predicted molar refractivity (Wildman–Crippen MR) is 190 cm³/mol. The second kappa shape index (κ2) is 14.9. The van der Waals surface area contributed by atoms with E-state index in [1.807, 2.05) is 0 Å². The lowest BCUT2D eigenvalue weighted by Gasteiger charge is -2.66. The Bertz CT molecular complexity index is 1720. The number of carbonyl (C=O) groups excluding carboxylic acids is 4. The quantitative estimate of drug-likeness (QED) is 0.124. The summed E-state index contributed by atoms with van der Waals surface area (Å²) in [5.74, 6) is -3.68. The molecule has 12 atom stereocenters. The molecular weight excluding hydrogens is 738 g/mol. The molecule has 5 aliphatic rings. The van der Waals surface area contributed by atoms with Gasteiger partial charge in [-0.05, 0) is 51.3 Å². The van der Waals surface area contributed by atoms with Crippen LogP contribution >= 0.6 is 0 Å². The normalized spacial score (nSPS) is 37.4. The van der Waals surface area contributed by atoms with E-state index in [1.54, 1.807) is 51.1 Å². The van der Waals surface area contributed by atoms with Crippen LogP contribution in [0.3, 0.4) is 0 Å². The van der Waals surface area contributed by atoms with E-state index in [0.717, 1.165) is 0 Å². The first-order chi connectivity index (χ1) is 26.1. The van der Waals surface area contributed by atoms with Gasteiger partial charge in [-0.2, -0.15) is 0 Å². The summed E-state index contributed by atoms with van der Waals surface area (Å²) in [6, 6.07) is 6.62. The number of ketones is 1. The van der Waals surface area contributed by atoms with Crippen molar-refractivity contribution in [2.45, 2.75) is 127 Å². The molecule has 1 aromatic carbocycles. The number of nitrogens with one attached hydrogen (secondary N) is 1. The van der Waals surface area contributed by atoms with Crippen molar-refractivity contribution in [3.63, 3.8) is 0 Å². The first-order valence-corrected chi connectivity index (χ1v) is 18.7. The predicted octanol–water partition coefficient (Wildman–Crippen LogP) is 1.36. The number of esters is 1. The number of alkyl carbamates (subject to hydrolysis) is 1. The monoisotopic (exact) mass is 791 g/mol. The summed E-state index contributed by atoms with van der Waals surface area (Å²) < 4.78 is 38.3. The Morgan fingerprint density at radius 1 is 1.04 bits per heavy atom. The minimum atomic E-state index is -2.32. The van der Waals surface area contributed by atoms with Gasteiger partial charge in [-0.1, -0.05) is 44.2 Å². The van der Waals surface area contributed by atoms with Gasteiger partial charge in [-0.15, -0.1) is 0 Å². The standard InChI is InChI=1S/C39H53NO16/c1-19-22(14-39(49)31(44)29-37(7,23(41)13-24-38(29,48)17-52-24)30(43)27(42)25(19)36(39,5)6)54-32(45)28(55-34(47)51-16-21-15-50-18-53-21)26(20-11-9-8-10-12-20)40-33(46)56-35(2,3)4/h8-12,21-24,26-29,31,41-42,44,48-49H,13-18H2,1-7H3,(H,40,46)/t21?,22-,23-,24+,26-,27+,28+,29-,31-,37+,38-,39?/m0/s1. The Morgan fingerprint density at radius 3 is 2.30 bits per heavy atom. The third-order valence-electron chi connectivity index (χ3n) is 12.3. The first kappa shape index (κ1) is 41.9. The van der Waals surface area contributed by atoms with Crippen molar-refractivity contribution >= 4 is 24.0 Å². The second-order valence-electron chi connectivity index (χ2n) is 17.2. The molecule has 2 aliphatic heterocycles. The lowest BCUT2D eigenvalue weighted by atomic mass is 9.45. The van der Waals surface area contributed by atoms with Gasteiger partial charge in [-0.25, -0.2) is 14.4 Å². The fraction of sp³-hybridized carbons (Fsp3) is 0.692. The number of amides is 1. The van der Waals surface area contributed by atoms with Crippen LogP contribution in [0.5, 0.6) is 0 Å². The Morgan fingerprint density at radius 2 is 1.71 bits per heavy atom. The van der Waals surface area contributed by atoms with E-state index >= 15 is 0 Å². The molecule has 0 radical (unpaired) electrons. The van der Waals surface area contributed by atoms with Crippen molar-refractivity contribution in [3.8, 4) is 0 Å². The van der Waals surface area contributed by atoms with Gasteiger partial charge in [0, 0.05) is 24.2 Å². The number of ether oxygens (including phenoxy) is 7. The van der Waals surface area contributed by atoms with Crippen LogP contribution in [0.15, 0.2) is 41.5 Å². The van der Waals surface area contributed by atoms with E-state index in [-0.39, 0.29) is 44.2 Å². The smallest absolute Gasteiger partial charge is 0.455 e. The number of benzene rings is 1. The third kappa shape index (κ3) is 7.10. The molecule has 1 aromatic rings. The maximum Gasteiger partial charge on any atom is 0.509 e. The van der Waals surface area contributed by atoms with Crippen molar-refractivity contribution in [1.29, 1.82) is 0 Å². The molecule has 17 nitrogen and oxygen atoms in total. The molecule has 310 valence electrons. The van der Waals surface area contributed by atoms with Gasteiger partial charge < -0.3 is 64.0 Å². The summed E-state index contributed by atoms with van der Waals surface area (Å²) in [6.07, 6.45) is -13.4. The minimum absolute atomic E-state index is 0.00345. The van der Waals surface area contributed by atoms with E-state index in [0.29, 0.717) is 5.56 Å². The molecule has 6 N–H and O–H groups in total. The van der Waals surface area contributed by atoms with Gasteiger partial charge in [0.25, 0.3) is 0 Å². The number of rotatable bonds is 8. The van der Waals surface area contributed by atoms with Gasteiger partial charge in [0.2, 0.25) is 6.10 Å². The Labute approximate surface area is 324 Å². The Balaban J connectivity index is 1.39. The fourth-order valence-electron chi connectivity index (χ4n) is 9.15. The molecule has 1 amide bonds. The molecule has 2 saturated carbocycles. The van der Waals surface area contributed by atoms with Crippen LogP contribution in [0.2, 0.25) is 0 Å². The van der Waals surface area contributed by atoms with Gasteiger partial charge in [0.05, 0.1) is 36.9 Å². The molecule has 2 heterocycles. The maximum atomic E-state index is 14.5. The zero-order chi connectivity index (χ0) is 41.2. The number of aliphatic hydroxyl groups excluding tert-OH is 3. The van der Waals surface area contributed by atoms with Crippen molar-refractivity contribution in [3.05, 3.63) is 47.0 Å². The second-order valence-corrected chi connectivity index (χ2v) is 17.2. The van der Waals surface area contributed by atoms with E-state index in [2.05, 4.69) is 5.32 Å². The van der Waals surface area contributed by atoms with E-state index < -0.39 is 113 Å². The van der Waals surface area contributed by atoms with Crippen LogP contribution in [0.25, 0.3) is 0 Å². The largest absolute Gasteiger partial charge is 0.509 e. The van der Waals surface area contributed by atoms with E-state index in [9.17, 15) is 44.7 Å². The van der Waals surface area contributed by atoms with Gasteiger partial charge in [0.1, 0.15) is 54.6 Å². The van der Waals surface area contributed by atoms with Crippen molar-refractivity contribution < 1.29 is 77.9 Å². The minimum Gasteiger partial charge on any atom is -0.455 e. The zero-order valence-corrected chi connectivity index (χ0v) is 32.6. The van der Waals surface area contributed by atoms with Gasteiger partial charge in [0.15, 0.2) is 5.78 Å². The van der Waals surface area contributed by atoms with Gasteiger partial charge in [-0.3, -0.25) is 4.79 Å². The highest BCUT2D eigenvalue weighted by Crippen LogP contribution is 2.62. The SMILES string of the molecule is CC1=C2[C@@H](O)C(=O)[C@@]3(C)[C@H]([C@H](O)C(O)(C[C@@H]1OC(=O)[C@H](OC(=O)OCC1COCO1)[C@@H](NC(=O)OC(C)(C)C)c1ccccc1)C2(C)C)[C@]1(O)CO[C@@H]1C[C@@H]3O. The molecule has 2 bridgehead atoms. The van der Waals surface area contributed by atoms with E-state index in [4.69, 9.17) is 33.2 Å². The third-order valence-corrected chi connectivity index (χ3v) is 12.3. The molecule has 2 unspecified atom stereocenters. The lowest BCUT2D eigenvalue weighted by Crippen LogP contribution is -2.80. The lowest BCUT2D eigenvalue weighted by molar-refractivity contribution is -0.344. The summed E-state index contributed by atoms with van der Waals surface area (Å²) in [4.78, 5) is 55.3. The first-order valence-electron chi connectivity index (χ1n) is 18.7. The van der Waals surface area contributed by atoms with Crippen molar-refractivity contribution in [2.75, 3.05) is 26.6 Å². The number of Topliss-reactive ketones (excluding diaryl/α,β-unsaturated/α-hetero) is 1. The molecule has 3 aliphatic carbocycles. The van der Waals surface area contributed by atoms with Crippen molar-refractivity contribution in [2.24, 2.45) is 16.7 Å². The number of fused-ring (bicyclic) bond motifs is 5. The number of hydrogen-bond acceptors (Lipinski definition) is 16. The Hall–Kier alpha value is -3.68. The van der Waals surface area contributed by atoms with Crippen LogP contribution in [0, 0.1) is 16.7 Å². The van der Waals surface area contributed by atoms with Crippen LogP contribution in [-0.4, -0.2) is 136 Å². The van der Waals surface area contributed by atoms with Crippen molar-refractivity contribution in [1.82, 2.24) is 5.32 Å². The summed E-state index contributed by atoms with van der Waals surface area (Å²) in [5.41, 5.74) is -8.28. The molecule has 6 rings (SSSR count). The fourth-order valence-corrected chi connectivity index (χ4v) is 9.15. The zero-order valence-electron chi connectivity index (χ0n) is 32.6. The van der Waals surface area contributed by atoms with Crippen LogP contribution in [0.4, 0.5) is 9.59 Å². The highest BCUT2D eigenvalue weighted by molar-refractivity contribution is 5.93. The molecule has 0 aromatic heterocycles. The summed E-state index contributed by atoms with van der Waals surface area (Å²) in [5, 5.41) is 62.7. The molecule has 17 heteroatoms. The highest BCUT2D eigenvalue weighted by Gasteiger charge is 2.75. The molecular formula is C39H53NO16.